The van der Waals surface area contributed by atoms with Gasteiger partial charge in [0.15, 0.2) is 11.6 Å². The van der Waals surface area contributed by atoms with Crippen molar-refractivity contribution in [1.29, 1.82) is 0 Å². The van der Waals surface area contributed by atoms with Crippen LogP contribution in [0.3, 0.4) is 0 Å². The summed E-state index contributed by atoms with van der Waals surface area (Å²) in [4.78, 5) is 11.1. The minimum absolute atomic E-state index is 0.143. The molecule has 3 aromatic rings. The van der Waals surface area contributed by atoms with Gasteiger partial charge in [-0.25, -0.2) is 14.4 Å². The van der Waals surface area contributed by atoms with Gasteiger partial charge in [0.05, 0.1) is 11.9 Å². The minimum Gasteiger partial charge on any atom is -0.451 e. The molecule has 162 valence electrons. The molecule has 1 saturated heterocycles. The van der Waals surface area contributed by atoms with E-state index in [4.69, 9.17) is 4.74 Å². The lowest BCUT2D eigenvalue weighted by molar-refractivity contribution is 0.340. The van der Waals surface area contributed by atoms with E-state index in [1.165, 1.54) is 44.2 Å². The first kappa shape index (κ1) is 20.0. The van der Waals surface area contributed by atoms with E-state index in [0.29, 0.717) is 22.5 Å². The van der Waals surface area contributed by atoms with E-state index in [1.54, 1.807) is 24.8 Å². The second kappa shape index (κ2) is 7.94. The fourth-order valence-electron chi connectivity index (χ4n) is 5.12. The van der Waals surface area contributed by atoms with Gasteiger partial charge in [0.2, 0.25) is 0 Å². The summed E-state index contributed by atoms with van der Waals surface area (Å²) in [5.74, 6) is 1.66. The molecule has 0 amide bonds. The highest BCUT2D eigenvalue weighted by Gasteiger charge is 2.41. The Morgan fingerprint density at radius 1 is 1.10 bits per heavy atom. The number of halogens is 1. The largest absolute Gasteiger partial charge is 0.451 e. The lowest BCUT2D eigenvalue weighted by Crippen LogP contribution is -2.25. The van der Waals surface area contributed by atoms with E-state index >= 15 is 0 Å². The SMILES string of the molecule is CC(C)n1nccc1-c1cc(F)ccc1Oc1cncnc1N1CCC2(CCCC2)C1. The zero-order valence-electron chi connectivity index (χ0n) is 18.1. The van der Waals surface area contributed by atoms with Gasteiger partial charge in [-0.1, -0.05) is 12.8 Å². The Hall–Kier alpha value is -2.96. The van der Waals surface area contributed by atoms with Crippen LogP contribution in [0.5, 0.6) is 11.5 Å². The summed E-state index contributed by atoms with van der Waals surface area (Å²) >= 11 is 0. The molecule has 0 atom stereocenters. The molecule has 31 heavy (non-hydrogen) atoms. The van der Waals surface area contributed by atoms with Crippen LogP contribution in [0.2, 0.25) is 0 Å². The van der Waals surface area contributed by atoms with Crippen molar-refractivity contribution in [2.75, 3.05) is 18.0 Å². The van der Waals surface area contributed by atoms with Crippen LogP contribution in [0.25, 0.3) is 11.3 Å². The molecule has 0 bridgehead atoms. The first-order chi connectivity index (χ1) is 15.0. The lowest BCUT2D eigenvalue weighted by atomic mass is 9.86. The Bertz CT molecular complexity index is 1070. The first-order valence-corrected chi connectivity index (χ1v) is 11.1. The molecule has 1 aliphatic heterocycles. The lowest BCUT2D eigenvalue weighted by Gasteiger charge is -2.25. The van der Waals surface area contributed by atoms with Crippen LogP contribution in [0.1, 0.15) is 52.0 Å². The third kappa shape index (κ3) is 3.77. The molecular weight excluding hydrogens is 393 g/mol. The molecule has 0 N–H and O–H groups in total. The molecule has 2 aromatic heterocycles. The van der Waals surface area contributed by atoms with Gasteiger partial charge in [-0.2, -0.15) is 5.10 Å². The van der Waals surface area contributed by atoms with Crippen LogP contribution in [0.15, 0.2) is 43.0 Å². The number of aromatic nitrogens is 4. The van der Waals surface area contributed by atoms with E-state index in [-0.39, 0.29) is 11.9 Å². The van der Waals surface area contributed by atoms with Crippen molar-refractivity contribution in [2.45, 2.75) is 52.0 Å². The smallest absolute Gasteiger partial charge is 0.188 e. The Morgan fingerprint density at radius 2 is 1.94 bits per heavy atom. The number of hydrogen-bond acceptors (Lipinski definition) is 5. The number of nitrogens with zero attached hydrogens (tertiary/aromatic N) is 5. The van der Waals surface area contributed by atoms with Crippen molar-refractivity contribution < 1.29 is 9.13 Å². The molecule has 0 radical (unpaired) electrons. The quantitative estimate of drug-likeness (QED) is 0.535. The molecule has 1 aliphatic carbocycles. The topological polar surface area (TPSA) is 56.1 Å². The Labute approximate surface area is 182 Å². The fraction of sp³-hybridized carbons (Fsp3) is 0.458. The van der Waals surface area contributed by atoms with Gasteiger partial charge in [-0.3, -0.25) is 4.68 Å². The van der Waals surface area contributed by atoms with Crippen LogP contribution >= 0.6 is 0 Å². The van der Waals surface area contributed by atoms with Crippen molar-refractivity contribution in [3.8, 4) is 22.8 Å². The summed E-state index contributed by atoms with van der Waals surface area (Å²) in [5, 5.41) is 4.40. The monoisotopic (exact) mass is 421 g/mol. The normalized spacial score (nSPS) is 17.7. The van der Waals surface area contributed by atoms with Gasteiger partial charge in [-0.15, -0.1) is 0 Å². The summed E-state index contributed by atoms with van der Waals surface area (Å²) in [6, 6.07) is 6.61. The van der Waals surface area contributed by atoms with E-state index in [0.717, 1.165) is 24.6 Å². The summed E-state index contributed by atoms with van der Waals surface area (Å²) in [7, 11) is 0. The van der Waals surface area contributed by atoms with Crippen molar-refractivity contribution in [2.24, 2.45) is 5.41 Å². The molecule has 2 aliphatic rings. The van der Waals surface area contributed by atoms with Gasteiger partial charge >= 0.3 is 0 Å². The second-order valence-electron chi connectivity index (χ2n) is 9.09. The number of ether oxygens (including phenoxy) is 1. The third-order valence-electron chi connectivity index (χ3n) is 6.66. The Balaban J connectivity index is 1.49. The predicted octanol–water partition coefficient (Wildman–Crippen LogP) is 5.62. The van der Waals surface area contributed by atoms with Crippen molar-refractivity contribution in [3.05, 3.63) is 48.8 Å². The van der Waals surface area contributed by atoms with E-state index < -0.39 is 0 Å². The molecule has 7 heteroatoms. The van der Waals surface area contributed by atoms with Crippen LogP contribution in [0.4, 0.5) is 10.2 Å². The number of hydrogen-bond donors (Lipinski definition) is 0. The molecule has 1 saturated carbocycles. The molecule has 0 unspecified atom stereocenters. The maximum Gasteiger partial charge on any atom is 0.188 e. The zero-order valence-corrected chi connectivity index (χ0v) is 18.1. The van der Waals surface area contributed by atoms with Crippen molar-refractivity contribution in [3.63, 3.8) is 0 Å². The molecule has 1 spiro atoms. The van der Waals surface area contributed by atoms with Gasteiger partial charge in [0, 0.05) is 30.9 Å². The highest BCUT2D eigenvalue weighted by Crippen LogP contribution is 2.47. The molecule has 1 aromatic carbocycles. The molecule has 5 rings (SSSR count). The van der Waals surface area contributed by atoms with Crippen LogP contribution in [-0.2, 0) is 0 Å². The summed E-state index contributed by atoms with van der Waals surface area (Å²) in [6.07, 6.45) is 11.4. The van der Waals surface area contributed by atoms with Crippen molar-refractivity contribution in [1.82, 2.24) is 19.7 Å². The van der Waals surface area contributed by atoms with E-state index in [2.05, 4.69) is 20.0 Å². The third-order valence-corrected chi connectivity index (χ3v) is 6.66. The van der Waals surface area contributed by atoms with E-state index in [1.807, 2.05) is 24.6 Å². The molecular formula is C24H28FN5O. The molecule has 2 fully saturated rings. The van der Waals surface area contributed by atoms with E-state index in [9.17, 15) is 4.39 Å². The molecule has 3 heterocycles. The Morgan fingerprint density at radius 3 is 2.74 bits per heavy atom. The average Bonchev–Trinajstić information content (AvgIpc) is 3.52. The highest BCUT2D eigenvalue weighted by atomic mass is 19.1. The molecule has 6 nitrogen and oxygen atoms in total. The fourth-order valence-corrected chi connectivity index (χ4v) is 5.12. The van der Waals surface area contributed by atoms with Gasteiger partial charge in [-0.05, 0) is 62.8 Å². The second-order valence-corrected chi connectivity index (χ2v) is 9.09. The van der Waals surface area contributed by atoms with Gasteiger partial charge in [0.1, 0.15) is 17.9 Å². The maximum absolute atomic E-state index is 14.2. The average molecular weight is 422 g/mol. The minimum atomic E-state index is -0.314. The zero-order chi connectivity index (χ0) is 21.4. The van der Waals surface area contributed by atoms with Crippen LogP contribution < -0.4 is 9.64 Å². The Kier molecular flexibility index (Phi) is 5.12. The van der Waals surface area contributed by atoms with Crippen molar-refractivity contribution >= 4 is 5.82 Å². The summed E-state index contributed by atoms with van der Waals surface area (Å²) in [6.45, 7) is 6.08. The summed E-state index contributed by atoms with van der Waals surface area (Å²) < 4.78 is 22.4. The maximum atomic E-state index is 14.2. The van der Waals surface area contributed by atoms with Gasteiger partial charge in [0.25, 0.3) is 0 Å². The highest BCUT2D eigenvalue weighted by molar-refractivity contribution is 5.69. The number of benzene rings is 1. The van der Waals surface area contributed by atoms with Crippen LogP contribution in [0, 0.1) is 11.2 Å². The predicted molar refractivity (Wildman–Crippen MR) is 118 cm³/mol. The van der Waals surface area contributed by atoms with Crippen LogP contribution in [-0.4, -0.2) is 32.8 Å². The number of rotatable bonds is 5. The number of anilines is 1. The standard InChI is InChI=1S/C24H28FN5O/c1-17(2)30-20(7-11-28-30)19-13-18(25)5-6-21(19)31-22-14-26-16-27-23(22)29-12-10-24(15-29)8-3-4-9-24/h5-7,11,13-14,16-17H,3-4,8-10,12,15H2,1-2H3. The first-order valence-electron chi connectivity index (χ1n) is 11.1. The van der Waals surface area contributed by atoms with Gasteiger partial charge < -0.3 is 9.64 Å². The summed E-state index contributed by atoms with van der Waals surface area (Å²) in [5.41, 5.74) is 1.90.